The van der Waals surface area contributed by atoms with Gasteiger partial charge in [-0.05, 0) is 27.7 Å². The summed E-state index contributed by atoms with van der Waals surface area (Å²) in [5.74, 6) is 0. The van der Waals surface area contributed by atoms with E-state index in [4.69, 9.17) is 0 Å². The lowest BCUT2D eigenvalue weighted by Crippen LogP contribution is -2.44. The van der Waals surface area contributed by atoms with Crippen molar-refractivity contribution in [3.8, 4) is 0 Å². The number of rotatable bonds is 0. The van der Waals surface area contributed by atoms with E-state index in [0.29, 0.717) is 0 Å². The molecular formula is C12H21N3. The molecular weight excluding hydrogens is 186 g/mol. The van der Waals surface area contributed by atoms with Gasteiger partial charge in [0.25, 0.3) is 0 Å². The summed E-state index contributed by atoms with van der Waals surface area (Å²) in [5.41, 5.74) is 4.33. The highest BCUT2D eigenvalue weighted by Crippen LogP contribution is 2.26. The van der Waals surface area contributed by atoms with Crippen LogP contribution in [0.15, 0.2) is 0 Å². The first kappa shape index (κ1) is 10.7. The first-order valence-electron chi connectivity index (χ1n) is 5.66. The van der Waals surface area contributed by atoms with Gasteiger partial charge in [0.2, 0.25) is 0 Å². The van der Waals surface area contributed by atoms with Crippen LogP contribution in [-0.4, -0.2) is 26.8 Å². The van der Waals surface area contributed by atoms with Crippen LogP contribution in [0.2, 0.25) is 0 Å². The molecule has 0 radical (unpaired) electrons. The summed E-state index contributed by atoms with van der Waals surface area (Å²) in [7, 11) is 2.04. The van der Waals surface area contributed by atoms with E-state index in [-0.39, 0.29) is 5.54 Å². The molecule has 0 amide bonds. The summed E-state index contributed by atoms with van der Waals surface area (Å²) >= 11 is 0. The molecule has 2 rings (SSSR count). The average Bonchev–Trinajstić information content (AvgIpc) is 2.41. The quantitative estimate of drug-likeness (QED) is 0.647. The van der Waals surface area contributed by atoms with Gasteiger partial charge in [-0.3, -0.25) is 9.58 Å². The fourth-order valence-corrected chi connectivity index (χ4v) is 2.21. The molecule has 1 aliphatic heterocycles. The van der Waals surface area contributed by atoms with E-state index in [1.807, 2.05) is 11.7 Å². The van der Waals surface area contributed by atoms with Gasteiger partial charge in [-0.25, -0.2) is 0 Å². The number of fused-ring (bicyclic) bond motifs is 1. The lowest BCUT2D eigenvalue weighted by Gasteiger charge is -2.38. The summed E-state index contributed by atoms with van der Waals surface area (Å²) in [6, 6.07) is 0. The van der Waals surface area contributed by atoms with Gasteiger partial charge in [0.1, 0.15) is 0 Å². The summed E-state index contributed by atoms with van der Waals surface area (Å²) in [6.07, 6.45) is 1.09. The fourth-order valence-electron chi connectivity index (χ4n) is 2.21. The Morgan fingerprint density at radius 2 is 1.93 bits per heavy atom. The van der Waals surface area contributed by atoms with Crippen molar-refractivity contribution in [2.24, 2.45) is 7.05 Å². The van der Waals surface area contributed by atoms with Crippen LogP contribution in [0, 0.1) is 6.92 Å². The molecule has 0 N–H and O–H groups in total. The molecule has 0 saturated heterocycles. The van der Waals surface area contributed by atoms with Crippen LogP contribution in [0.3, 0.4) is 0 Å². The second-order valence-corrected chi connectivity index (χ2v) is 5.48. The Balaban J connectivity index is 2.30. The molecule has 0 saturated carbocycles. The van der Waals surface area contributed by atoms with Gasteiger partial charge in [-0.15, -0.1) is 0 Å². The van der Waals surface area contributed by atoms with E-state index in [2.05, 4.69) is 37.7 Å². The molecule has 0 atom stereocenters. The van der Waals surface area contributed by atoms with Gasteiger partial charge in [-0.1, -0.05) is 0 Å². The van der Waals surface area contributed by atoms with Crippen LogP contribution in [0.4, 0.5) is 0 Å². The summed E-state index contributed by atoms with van der Waals surface area (Å²) in [6.45, 7) is 11.2. The Hall–Kier alpha value is -0.830. The van der Waals surface area contributed by atoms with Gasteiger partial charge in [-0.2, -0.15) is 5.10 Å². The number of aromatic nitrogens is 2. The maximum atomic E-state index is 4.56. The highest BCUT2D eigenvalue weighted by atomic mass is 15.3. The highest BCUT2D eigenvalue weighted by molar-refractivity contribution is 5.27. The molecule has 84 valence electrons. The fraction of sp³-hybridized carbons (Fsp3) is 0.750. The maximum absolute atomic E-state index is 4.56. The van der Waals surface area contributed by atoms with Crippen molar-refractivity contribution in [1.29, 1.82) is 0 Å². The van der Waals surface area contributed by atoms with Crippen LogP contribution in [0.5, 0.6) is 0 Å². The van der Waals surface area contributed by atoms with E-state index in [1.54, 1.807) is 0 Å². The molecule has 0 fully saturated rings. The molecule has 0 spiro atoms. The summed E-state index contributed by atoms with van der Waals surface area (Å²) in [5, 5.41) is 4.56. The topological polar surface area (TPSA) is 21.1 Å². The second-order valence-electron chi connectivity index (χ2n) is 5.48. The maximum Gasteiger partial charge on any atom is 0.0685 e. The number of aryl methyl sites for hydroxylation is 1. The third kappa shape index (κ3) is 1.81. The zero-order valence-corrected chi connectivity index (χ0v) is 10.5. The van der Waals surface area contributed by atoms with Crippen LogP contribution >= 0.6 is 0 Å². The Morgan fingerprint density at radius 3 is 2.53 bits per heavy atom. The van der Waals surface area contributed by atoms with Gasteiger partial charge in [0.15, 0.2) is 0 Å². The van der Waals surface area contributed by atoms with Crippen molar-refractivity contribution < 1.29 is 0 Å². The summed E-state index contributed by atoms with van der Waals surface area (Å²) < 4.78 is 2.01. The highest BCUT2D eigenvalue weighted by Gasteiger charge is 2.28. The Labute approximate surface area is 92.1 Å². The molecule has 0 bridgehead atoms. The third-order valence-electron chi connectivity index (χ3n) is 3.46. The van der Waals surface area contributed by atoms with Crippen LogP contribution in [0.1, 0.15) is 37.7 Å². The number of nitrogens with zero attached hydrogens (tertiary/aromatic N) is 3. The van der Waals surface area contributed by atoms with Gasteiger partial charge in [0.05, 0.1) is 5.69 Å². The lowest BCUT2D eigenvalue weighted by atomic mass is 9.98. The van der Waals surface area contributed by atoms with E-state index >= 15 is 0 Å². The smallest absolute Gasteiger partial charge is 0.0685 e. The third-order valence-corrected chi connectivity index (χ3v) is 3.46. The van der Waals surface area contributed by atoms with Gasteiger partial charge < -0.3 is 0 Å². The molecule has 0 aromatic carbocycles. The average molecular weight is 207 g/mol. The molecule has 1 aromatic heterocycles. The monoisotopic (exact) mass is 207 g/mol. The molecule has 3 heteroatoms. The van der Waals surface area contributed by atoms with Gasteiger partial charge in [0, 0.05) is 43.4 Å². The summed E-state index contributed by atoms with van der Waals surface area (Å²) in [4.78, 5) is 2.53. The SMILES string of the molecule is Cc1c2c(nn1C)CCN(C(C)(C)C)C2. The van der Waals surface area contributed by atoms with Crippen molar-refractivity contribution in [2.75, 3.05) is 6.54 Å². The van der Waals surface area contributed by atoms with E-state index in [1.165, 1.54) is 17.0 Å². The minimum Gasteiger partial charge on any atom is -0.294 e. The van der Waals surface area contributed by atoms with Gasteiger partial charge >= 0.3 is 0 Å². The van der Waals surface area contributed by atoms with Crippen molar-refractivity contribution in [1.82, 2.24) is 14.7 Å². The predicted molar refractivity (Wildman–Crippen MR) is 61.8 cm³/mol. The Bertz CT molecular complexity index is 371. The Kier molecular flexibility index (Phi) is 2.38. The predicted octanol–water partition coefficient (Wildman–Crippen LogP) is 1.89. The molecule has 15 heavy (non-hydrogen) atoms. The minimum atomic E-state index is 0.264. The largest absolute Gasteiger partial charge is 0.294 e. The van der Waals surface area contributed by atoms with E-state index < -0.39 is 0 Å². The normalized spacial score (nSPS) is 17.9. The lowest BCUT2D eigenvalue weighted by molar-refractivity contribution is 0.120. The first-order valence-corrected chi connectivity index (χ1v) is 5.66. The van der Waals surface area contributed by atoms with Crippen molar-refractivity contribution in [3.63, 3.8) is 0 Å². The Morgan fingerprint density at radius 1 is 1.27 bits per heavy atom. The zero-order chi connectivity index (χ0) is 11.2. The van der Waals surface area contributed by atoms with E-state index in [0.717, 1.165) is 19.5 Å². The molecule has 0 aliphatic carbocycles. The minimum absolute atomic E-state index is 0.264. The van der Waals surface area contributed by atoms with Crippen LogP contribution in [-0.2, 0) is 20.0 Å². The van der Waals surface area contributed by atoms with E-state index in [9.17, 15) is 0 Å². The van der Waals surface area contributed by atoms with Crippen LogP contribution in [0.25, 0.3) is 0 Å². The number of hydrogen-bond donors (Lipinski definition) is 0. The molecule has 3 nitrogen and oxygen atoms in total. The molecule has 1 aliphatic rings. The van der Waals surface area contributed by atoms with Crippen LogP contribution < -0.4 is 0 Å². The molecule has 1 aromatic rings. The second kappa shape index (κ2) is 3.34. The van der Waals surface area contributed by atoms with Crippen molar-refractivity contribution >= 4 is 0 Å². The van der Waals surface area contributed by atoms with Crippen molar-refractivity contribution in [3.05, 3.63) is 17.0 Å². The number of hydrogen-bond acceptors (Lipinski definition) is 2. The molecule has 2 heterocycles. The zero-order valence-electron chi connectivity index (χ0n) is 10.5. The van der Waals surface area contributed by atoms with Crippen molar-refractivity contribution in [2.45, 2.75) is 46.2 Å². The standard InChI is InChI=1S/C12H21N3/c1-9-10-8-15(12(2,3)4)7-6-11(10)13-14(9)5/h6-8H2,1-5H3. The first-order chi connectivity index (χ1) is 6.89. The molecule has 0 unspecified atom stereocenters.